The van der Waals surface area contributed by atoms with Gasteiger partial charge in [-0.05, 0) is 25.1 Å². The minimum Gasteiger partial charge on any atom is -0.360 e. The van der Waals surface area contributed by atoms with Crippen molar-refractivity contribution < 1.29 is 4.92 Å². The molecule has 0 fully saturated rings. The molecule has 0 spiro atoms. The molecule has 0 saturated heterocycles. The molecule has 23 heavy (non-hydrogen) atoms. The molecule has 1 aromatic rings. The molecule has 1 atom stereocenters. The first kappa shape index (κ1) is 17.8. The first-order valence-electron chi connectivity index (χ1n) is 7.22. The van der Waals surface area contributed by atoms with Gasteiger partial charge in [0, 0.05) is 13.2 Å². The lowest BCUT2D eigenvalue weighted by atomic mass is 10.1. The zero-order valence-electron chi connectivity index (χ0n) is 13.2. The minimum atomic E-state index is -0.333. The van der Waals surface area contributed by atoms with Crippen molar-refractivity contribution in [1.82, 2.24) is 20.1 Å². The molecule has 2 rings (SSSR count). The molecule has 0 amide bonds. The molecule has 0 radical (unpaired) electrons. The van der Waals surface area contributed by atoms with Crippen LogP contribution in [0.15, 0.2) is 23.8 Å². The number of nitrogens with one attached hydrogen (secondary N) is 1. The van der Waals surface area contributed by atoms with Crippen LogP contribution < -0.4 is 5.32 Å². The van der Waals surface area contributed by atoms with Crippen LogP contribution in [-0.4, -0.2) is 46.5 Å². The number of halogens is 2. The molecule has 0 aliphatic carbocycles. The molecule has 0 saturated carbocycles. The molecule has 2 heterocycles. The first-order valence-corrected chi connectivity index (χ1v) is 7.97. The van der Waals surface area contributed by atoms with Crippen molar-refractivity contribution in [2.24, 2.45) is 0 Å². The topological polar surface area (TPSA) is 74.5 Å². The second kappa shape index (κ2) is 7.33. The number of likely N-dealkylation sites (N-methyl/N-ethyl adjacent to an activating group) is 1. The Hall–Kier alpha value is -1.57. The van der Waals surface area contributed by atoms with Crippen molar-refractivity contribution >= 4 is 23.2 Å². The Bertz CT molecular complexity index is 638. The summed E-state index contributed by atoms with van der Waals surface area (Å²) in [6.45, 7) is 5.56. The van der Waals surface area contributed by atoms with Crippen molar-refractivity contribution in [3.63, 3.8) is 0 Å². The van der Waals surface area contributed by atoms with E-state index in [0.717, 1.165) is 12.1 Å². The lowest BCUT2D eigenvalue weighted by molar-refractivity contribution is -0.432. The first-order chi connectivity index (χ1) is 10.8. The van der Waals surface area contributed by atoms with Gasteiger partial charge in [0.25, 0.3) is 5.70 Å². The van der Waals surface area contributed by atoms with E-state index in [4.69, 9.17) is 23.2 Å². The number of hydrogen-bond acceptors (Lipinski definition) is 6. The van der Waals surface area contributed by atoms with E-state index in [0.29, 0.717) is 24.1 Å². The van der Waals surface area contributed by atoms with Gasteiger partial charge in [-0.1, -0.05) is 30.1 Å². The smallest absolute Gasteiger partial charge is 0.299 e. The third kappa shape index (κ3) is 4.04. The van der Waals surface area contributed by atoms with Crippen LogP contribution >= 0.6 is 23.2 Å². The maximum Gasteiger partial charge on any atom is 0.299 e. The van der Waals surface area contributed by atoms with Gasteiger partial charge < -0.3 is 10.2 Å². The number of nitrogens with zero attached hydrogens (tertiary/aromatic N) is 4. The fraction of sp³-hybridized carbons (Fsp3) is 0.500. The number of nitro groups is 1. The van der Waals surface area contributed by atoms with E-state index < -0.39 is 0 Å². The van der Waals surface area contributed by atoms with E-state index in [9.17, 15) is 10.1 Å². The third-order valence-electron chi connectivity index (χ3n) is 3.78. The van der Waals surface area contributed by atoms with Gasteiger partial charge in [-0.15, -0.1) is 0 Å². The molecule has 1 aliphatic rings. The Kier molecular flexibility index (Phi) is 5.67. The van der Waals surface area contributed by atoms with Gasteiger partial charge >= 0.3 is 0 Å². The highest BCUT2D eigenvalue weighted by atomic mass is 35.5. The van der Waals surface area contributed by atoms with E-state index in [1.165, 1.54) is 0 Å². The summed E-state index contributed by atoms with van der Waals surface area (Å²) in [4.78, 5) is 18.9. The maximum atomic E-state index is 11.4. The van der Waals surface area contributed by atoms with Crippen LogP contribution in [0.1, 0.15) is 25.5 Å². The van der Waals surface area contributed by atoms with E-state index in [-0.39, 0.29) is 21.8 Å². The highest BCUT2D eigenvalue weighted by molar-refractivity contribution is 6.41. The summed E-state index contributed by atoms with van der Waals surface area (Å²) < 4.78 is 0. The summed E-state index contributed by atoms with van der Waals surface area (Å²) in [5.74, 6) is 0.512. The summed E-state index contributed by atoms with van der Waals surface area (Å²) in [5, 5.41) is 15.2. The number of hydrogen-bond donors (Lipinski definition) is 1. The van der Waals surface area contributed by atoms with Crippen LogP contribution in [0.25, 0.3) is 0 Å². The van der Waals surface area contributed by atoms with Crippen LogP contribution in [0, 0.1) is 10.1 Å². The van der Waals surface area contributed by atoms with Crippen molar-refractivity contribution in [2.75, 3.05) is 26.8 Å². The molecular weight excluding hydrogens is 341 g/mol. The Balaban J connectivity index is 2.27. The van der Waals surface area contributed by atoms with Gasteiger partial charge in [-0.3, -0.25) is 15.0 Å². The molecule has 7 nitrogen and oxygen atoms in total. The quantitative estimate of drug-likeness (QED) is 0.494. The molecular formula is C14H19Cl2N5O2. The predicted octanol–water partition coefficient (Wildman–Crippen LogP) is 2.71. The average molecular weight is 360 g/mol. The second-order valence-corrected chi connectivity index (χ2v) is 6.21. The van der Waals surface area contributed by atoms with Gasteiger partial charge in [-0.25, -0.2) is 4.98 Å². The highest BCUT2D eigenvalue weighted by Crippen LogP contribution is 2.25. The monoisotopic (exact) mass is 359 g/mol. The van der Waals surface area contributed by atoms with Crippen molar-refractivity contribution in [3.05, 3.63) is 49.6 Å². The standard InChI is InChI=1S/C14H19Cl2N5O2/c1-4-20-7-12(21(22)23)14(19(3)8-20)18-9(2)10-5-11(15)13(16)17-6-10/h5-6,9,18H,4,7-8H2,1-3H3. The third-order valence-corrected chi connectivity index (χ3v) is 4.46. The Morgan fingerprint density at radius 2 is 2.22 bits per heavy atom. The zero-order chi connectivity index (χ0) is 17.1. The zero-order valence-corrected chi connectivity index (χ0v) is 14.7. The predicted molar refractivity (Wildman–Crippen MR) is 89.7 cm³/mol. The lowest BCUT2D eigenvalue weighted by Crippen LogP contribution is -2.47. The summed E-state index contributed by atoms with van der Waals surface area (Å²) >= 11 is 11.8. The van der Waals surface area contributed by atoms with Crippen molar-refractivity contribution in [1.29, 1.82) is 0 Å². The van der Waals surface area contributed by atoms with Crippen LogP contribution in [0.5, 0.6) is 0 Å². The SMILES string of the molecule is CCN1CC([N+](=O)[O-])=C(NC(C)c2cnc(Cl)c(Cl)c2)N(C)C1. The van der Waals surface area contributed by atoms with Gasteiger partial charge in [0.05, 0.1) is 29.2 Å². The molecule has 126 valence electrons. The number of aromatic nitrogens is 1. The van der Waals surface area contributed by atoms with Gasteiger partial charge in [0.15, 0.2) is 5.82 Å². The van der Waals surface area contributed by atoms with Crippen LogP contribution in [0.4, 0.5) is 0 Å². The fourth-order valence-corrected chi connectivity index (χ4v) is 2.72. The van der Waals surface area contributed by atoms with E-state index in [1.54, 1.807) is 12.3 Å². The molecule has 0 bridgehead atoms. The van der Waals surface area contributed by atoms with Crippen LogP contribution in [0.2, 0.25) is 10.2 Å². The summed E-state index contributed by atoms with van der Waals surface area (Å²) in [6, 6.07) is 1.51. The van der Waals surface area contributed by atoms with Gasteiger partial charge in [-0.2, -0.15) is 0 Å². The summed E-state index contributed by atoms with van der Waals surface area (Å²) in [7, 11) is 1.83. The molecule has 0 aromatic carbocycles. The summed E-state index contributed by atoms with van der Waals surface area (Å²) in [6.07, 6.45) is 1.61. The normalized spacial score (nSPS) is 17.3. The molecule has 1 aromatic heterocycles. The van der Waals surface area contributed by atoms with Gasteiger partial charge in [0.1, 0.15) is 5.15 Å². The van der Waals surface area contributed by atoms with E-state index in [1.807, 2.05) is 30.7 Å². The Morgan fingerprint density at radius 1 is 1.52 bits per heavy atom. The van der Waals surface area contributed by atoms with E-state index in [2.05, 4.69) is 10.3 Å². The molecule has 1 aliphatic heterocycles. The lowest BCUT2D eigenvalue weighted by Gasteiger charge is -2.35. The van der Waals surface area contributed by atoms with Crippen molar-refractivity contribution in [3.8, 4) is 0 Å². The number of rotatable bonds is 5. The molecule has 1 N–H and O–H groups in total. The highest BCUT2D eigenvalue weighted by Gasteiger charge is 2.31. The van der Waals surface area contributed by atoms with Crippen LogP contribution in [0.3, 0.4) is 0 Å². The largest absolute Gasteiger partial charge is 0.360 e. The van der Waals surface area contributed by atoms with Crippen molar-refractivity contribution in [2.45, 2.75) is 19.9 Å². The minimum absolute atomic E-state index is 0.153. The summed E-state index contributed by atoms with van der Waals surface area (Å²) in [5.41, 5.74) is 0.960. The molecule has 9 heteroatoms. The average Bonchev–Trinajstić information content (AvgIpc) is 2.51. The maximum absolute atomic E-state index is 11.4. The molecule has 1 unspecified atom stereocenters. The number of pyridine rings is 1. The Morgan fingerprint density at radius 3 is 2.78 bits per heavy atom. The fourth-order valence-electron chi connectivity index (χ4n) is 2.44. The Labute approximate surface area is 145 Å². The van der Waals surface area contributed by atoms with E-state index >= 15 is 0 Å². The van der Waals surface area contributed by atoms with Crippen LogP contribution in [-0.2, 0) is 0 Å². The van der Waals surface area contributed by atoms with Gasteiger partial charge in [0.2, 0.25) is 0 Å². The second-order valence-electron chi connectivity index (χ2n) is 5.44.